The van der Waals surface area contributed by atoms with E-state index in [1.807, 2.05) is 31.3 Å². The van der Waals surface area contributed by atoms with Crippen molar-refractivity contribution in [1.29, 1.82) is 0 Å². The number of hydrogen-bond donors (Lipinski definition) is 2. The van der Waals surface area contributed by atoms with Gasteiger partial charge in [-0.1, -0.05) is 31.5 Å². The van der Waals surface area contributed by atoms with E-state index in [4.69, 9.17) is 0 Å². The number of nitrogens with one attached hydrogen (secondary N) is 2. The van der Waals surface area contributed by atoms with E-state index in [0.29, 0.717) is 6.42 Å². The fourth-order valence-corrected chi connectivity index (χ4v) is 2.18. The van der Waals surface area contributed by atoms with E-state index in [9.17, 15) is 4.79 Å². The molecule has 3 heteroatoms. The van der Waals surface area contributed by atoms with Gasteiger partial charge in [0, 0.05) is 23.5 Å². The summed E-state index contributed by atoms with van der Waals surface area (Å²) in [6.45, 7) is 4.12. The molecular formula is C15H20N2O. The lowest BCUT2D eigenvalue weighted by Crippen LogP contribution is -2.26. The van der Waals surface area contributed by atoms with E-state index in [1.165, 1.54) is 5.39 Å². The highest BCUT2D eigenvalue weighted by Crippen LogP contribution is 2.23. The van der Waals surface area contributed by atoms with Crippen LogP contribution in [0.1, 0.15) is 44.7 Å². The van der Waals surface area contributed by atoms with Crippen LogP contribution >= 0.6 is 0 Å². The lowest BCUT2D eigenvalue weighted by Gasteiger charge is -2.13. The summed E-state index contributed by atoms with van der Waals surface area (Å²) in [7, 11) is 0. The summed E-state index contributed by atoms with van der Waals surface area (Å²) in [5.41, 5.74) is 2.26. The van der Waals surface area contributed by atoms with Crippen LogP contribution in [0, 0.1) is 0 Å². The first-order chi connectivity index (χ1) is 8.72. The largest absolute Gasteiger partial charge is 0.361 e. The molecule has 1 unspecified atom stereocenters. The van der Waals surface area contributed by atoms with Crippen molar-refractivity contribution in [3.05, 3.63) is 36.0 Å². The molecule has 0 spiro atoms. The molecule has 96 valence electrons. The van der Waals surface area contributed by atoms with Gasteiger partial charge in [0.15, 0.2) is 0 Å². The first-order valence-corrected chi connectivity index (χ1v) is 6.57. The Morgan fingerprint density at radius 1 is 1.39 bits per heavy atom. The number of benzene rings is 1. The molecule has 2 N–H and O–H groups in total. The Hall–Kier alpha value is -1.77. The fraction of sp³-hybridized carbons (Fsp3) is 0.400. The molecule has 1 amide bonds. The quantitative estimate of drug-likeness (QED) is 0.830. The number of aromatic nitrogens is 1. The molecule has 0 aliphatic heterocycles. The van der Waals surface area contributed by atoms with E-state index >= 15 is 0 Å². The molecule has 1 atom stereocenters. The van der Waals surface area contributed by atoms with Crippen molar-refractivity contribution in [2.75, 3.05) is 0 Å². The molecule has 0 aliphatic rings. The standard InChI is InChI=1S/C15H20N2O/c1-3-4-9-15(18)17-11(2)13-10-16-14-8-6-5-7-12(13)14/h5-8,10-11,16H,3-4,9H2,1-2H3,(H,17,18). The van der Waals surface area contributed by atoms with Crippen molar-refractivity contribution in [1.82, 2.24) is 10.3 Å². The van der Waals surface area contributed by atoms with Gasteiger partial charge in [0.05, 0.1) is 6.04 Å². The van der Waals surface area contributed by atoms with Gasteiger partial charge in [0.2, 0.25) is 5.91 Å². The average Bonchev–Trinajstić information content (AvgIpc) is 2.80. The SMILES string of the molecule is CCCCC(=O)NC(C)c1c[nH]c2ccccc12. The molecule has 1 aromatic carbocycles. The van der Waals surface area contributed by atoms with Crippen LogP contribution in [0.4, 0.5) is 0 Å². The number of aromatic amines is 1. The van der Waals surface area contributed by atoms with Gasteiger partial charge < -0.3 is 10.3 Å². The van der Waals surface area contributed by atoms with Gasteiger partial charge in [-0.3, -0.25) is 4.79 Å². The Balaban J connectivity index is 2.09. The summed E-state index contributed by atoms with van der Waals surface area (Å²) in [5, 5.41) is 4.23. The number of para-hydroxylation sites is 1. The third-order valence-electron chi connectivity index (χ3n) is 3.22. The minimum absolute atomic E-state index is 0.0468. The predicted molar refractivity (Wildman–Crippen MR) is 74.4 cm³/mol. The molecule has 2 aromatic rings. The van der Waals surface area contributed by atoms with Gasteiger partial charge in [0.1, 0.15) is 0 Å². The Morgan fingerprint density at radius 3 is 2.94 bits per heavy atom. The number of rotatable bonds is 5. The Morgan fingerprint density at radius 2 is 2.17 bits per heavy atom. The lowest BCUT2D eigenvalue weighted by atomic mass is 10.1. The maximum absolute atomic E-state index is 11.7. The minimum atomic E-state index is 0.0468. The zero-order valence-electron chi connectivity index (χ0n) is 11.0. The van der Waals surface area contributed by atoms with E-state index in [-0.39, 0.29) is 11.9 Å². The van der Waals surface area contributed by atoms with Crippen LogP contribution < -0.4 is 5.32 Å². The van der Waals surface area contributed by atoms with Gasteiger partial charge in [-0.05, 0) is 25.0 Å². The average molecular weight is 244 g/mol. The maximum atomic E-state index is 11.7. The molecule has 2 rings (SSSR count). The summed E-state index contributed by atoms with van der Waals surface area (Å²) >= 11 is 0. The van der Waals surface area contributed by atoms with Gasteiger partial charge in [0.25, 0.3) is 0 Å². The zero-order valence-corrected chi connectivity index (χ0v) is 11.0. The van der Waals surface area contributed by atoms with Crippen LogP contribution in [0.5, 0.6) is 0 Å². The highest BCUT2D eigenvalue weighted by molar-refractivity contribution is 5.84. The smallest absolute Gasteiger partial charge is 0.220 e. The summed E-state index contributed by atoms with van der Waals surface area (Å²) < 4.78 is 0. The fourth-order valence-electron chi connectivity index (χ4n) is 2.18. The molecule has 3 nitrogen and oxygen atoms in total. The van der Waals surface area contributed by atoms with E-state index in [2.05, 4.69) is 23.3 Å². The Bertz CT molecular complexity index is 530. The topological polar surface area (TPSA) is 44.9 Å². The van der Waals surface area contributed by atoms with Crippen molar-refractivity contribution in [2.24, 2.45) is 0 Å². The van der Waals surface area contributed by atoms with Gasteiger partial charge in [-0.25, -0.2) is 0 Å². The summed E-state index contributed by atoms with van der Waals surface area (Å²) in [6, 6.07) is 8.20. The third-order valence-corrected chi connectivity index (χ3v) is 3.22. The second-order valence-electron chi connectivity index (χ2n) is 4.68. The highest BCUT2D eigenvalue weighted by Gasteiger charge is 2.12. The van der Waals surface area contributed by atoms with Crippen molar-refractivity contribution >= 4 is 16.8 Å². The van der Waals surface area contributed by atoms with Crippen molar-refractivity contribution in [3.8, 4) is 0 Å². The lowest BCUT2D eigenvalue weighted by molar-refractivity contribution is -0.121. The molecule has 0 radical (unpaired) electrons. The number of H-pyrrole nitrogens is 1. The highest BCUT2D eigenvalue weighted by atomic mass is 16.1. The first kappa shape index (κ1) is 12.7. The van der Waals surface area contributed by atoms with E-state index in [1.54, 1.807) is 0 Å². The molecule has 0 aliphatic carbocycles. The van der Waals surface area contributed by atoms with Crippen molar-refractivity contribution < 1.29 is 4.79 Å². The number of hydrogen-bond acceptors (Lipinski definition) is 1. The molecular weight excluding hydrogens is 224 g/mol. The van der Waals surface area contributed by atoms with E-state index < -0.39 is 0 Å². The van der Waals surface area contributed by atoms with Gasteiger partial charge in [-0.15, -0.1) is 0 Å². The monoisotopic (exact) mass is 244 g/mol. The Labute approximate surface area is 108 Å². The van der Waals surface area contributed by atoms with Crippen LogP contribution in [-0.2, 0) is 4.79 Å². The van der Waals surface area contributed by atoms with Crippen LogP contribution in [-0.4, -0.2) is 10.9 Å². The maximum Gasteiger partial charge on any atom is 0.220 e. The van der Waals surface area contributed by atoms with E-state index in [0.717, 1.165) is 23.9 Å². The molecule has 0 saturated heterocycles. The summed E-state index contributed by atoms with van der Waals surface area (Å²) in [4.78, 5) is 15.0. The molecule has 18 heavy (non-hydrogen) atoms. The molecule has 0 saturated carbocycles. The van der Waals surface area contributed by atoms with Gasteiger partial charge in [-0.2, -0.15) is 0 Å². The normalized spacial score (nSPS) is 12.6. The summed E-state index contributed by atoms with van der Waals surface area (Å²) in [5.74, 6) is 0.134. The number of unbranched alkanes of at least 4 members (excludes halogenated alkanes) is 1. The number of carbonyl (C=O) groups is 1. The molecule has 1 heterocycles. The third kappa shape index (κ3) is 2.73. The van der Waals surface area contributed by atoms with Crippen molar-refractivity contribution in [3.63, 3.8) is 0 Å². The number of carbonyl (C=O) groups excluding carboxylic acids is 1. The minimum Gasteiger partial charge on any atom is -0.361 e. The molecule has 0 fully saturated rings. The van der Waals surface area contributed by atoms with Gasteiger partial charge >= 0.3 is 0 Å². The Kier molecular flexibility index (Phi) is 4.03. The van der Waals surface area contributed by atoms with Crippen molar-refractivity contribution in [2.45, 2.75) is 39.2 Å². The zero-order chi connectivity index (χ0) is 13.0. The molecule has 1 aromatic heterocycles. The van der Waals surface area contributed by atoms with Crippen LogP contribution in [0.3, 0.4) is 0 Å². The first-order valence-electron chi connectivity index (χ1n) is 6.57. The number of amides is 1. The summed E-state index contributed by atoms with van der Waals surface area (Å²) in [6.07, 6.45) is 4.60. The molecule has 0 bridgehead atoms. The van der Waals surface area contributed by atoms with Crippen LogP contribution in [0.25, 0.3) is 10.9 Å². The second-order valence-corrected chi connectivity index (χ2v) is 4.68. The second kappa shape index (κ2) is 5.71. The predicted octanol–water partition coefficient (Wildman–Crippen LogP) is 3.54. The number of fused-ring (bicyclic) bond motifs is 1. The van der Waals surface area contributed by atoms with Crippen LogP contribution in [0.15, 0.2) is 30.5 Å². The van der Waals surface area contributed by atoms with Crippen LogP contribution in [0.2, 0.25) is 0 Å².